The summed E-state index contributed by atoms with van der Waals surface area (Å²) in [5, 5.41) is 7.48. The van der Waals surface area contributed by atoms with Crippen LogP contribution in [0.4, 0.5) is 0 Å². The molecule has 156 valence electrons. The van der Waals surface area contributed by atoms with Crippen molar-refractivity contribution in [3.8, 4) is 5.75 Å². The fourth-order valence-electron chi connectivity index (χ4n) is 3.82. The Kier molecular flexibility index (Phi) is 5.90. The van der Waals surface area contributed by atoms with Crippen LogP contribution in [0.1, 0.15) is 40.5 Å². The second-order valence-corrected chi connectivity index (χ2v) is 7.83. The predicted octanol–water partition coefficient (Wildman–Crippen LogP) is 3.30. The van der Waals surface area contributed by atoms with Gasteiger partial charge in [0.05, 0.1) is 13.7 Å². The van der Waals surface area contributed by atoms with Gasteiger partial charge in [0.25, 0.3) is 5.91 Å². The lowest BCUT2D eigenvalue weighted by Gasteiger charge is -2.31. The van der Waals surface area contributed by atoms with E-state index in [0.29, 0.717) is 30.2 Å². The van der Waals surface area contributed by atoms with Gasteiger partial charge in [0.1, 0.15) is 11.6 Å². The van der Waals surface area contributed by atoms with Crippen molar-refractivity contribution in [2.24, 2.45) is 0 Å². The maximum Gasteiger partial charge on any atom is 0.343 e. The van der Waals surface area contributed by atoms with Crippen LogP contribution in [-0.4, -0.2) is 45.8 Å². The minimum absolute atomic E-state index is 0.00256. The summed E-state index contributed by atoms with van der Waals surface area (Å²) in [7, 11) is 1.62. The minimum Gasteiger partial charge on any atom is -0.497 e. The van der Waals surface area contributed by atoms with Gasteiger partial charge in [-0.25, -0.2) is 9.89 Å². The highest BCUT2D eigenvalue weighted by molar-refractivity contribution is 6.30. The Hall–Kier alpha value is -3.06. The summed E-state index contributed by atoms with van der Waals surface area (Å²) in [5.74, 6) is 1.64. The molecule has 0 saturated carbocycles. The first-order valence-electron chi connectivity index (χ1n) is 9.88. The van der Waals surface area contributed by atoms with Crippen LogP contribution in [0.5, 0.6) is 5.75 Å². The Morgan fingerprint density at radius 3 is 2.43 bits per heavy atom. The predicted molar refractivity (Wildman–Crippen MR) is 114 cm³/mol. The summed E-state index contributed by atoms with van der Waals surface area (Å²) in [5.41, 5.74) is 1.41. The Morgan fingerprint density at radius 1 is 1.13 bits per heavy atom. The topological polar surface area (TPSA) is 80.2 Å². The van der Waals surface area contributed by atoms with Gasteiger partial charge in [0.15, 0.2) is 0 Å². The normalized spacial score (nSPS) is 14.7. The molecular weight excluding hydrogens is 404 g/mol. The molecule has 2 heterocycles. The summed E-state index contributed by atoms with van der Waals surface area (Å²) in [6.07, 6.45) is 1.51. The number of likely N-dealkylation sites (tertiary alicyclic amines) is 1. The molecule has 30 heavy (non-hydrogen) atoms. The number of methoxy groups -OCH3 is 1. The van der Waals surface area contributed by atoms with Crippen molar-refractivity contribution in [2.45, 2.75) is 25.3 Å². The fraction of sp³-hybridized carbons (Fsp3) is 0.318. The highest BCUT2D eigenvalue weighted by Crippen LogP contribution is 2.27. The second kappa shape index (κ2) is 8.75. The van der Waals surface area contributed by atoms with E-state index in [-0.39, 0.29) is 17.5 Å². The van der Waals surface area contributed by atoms with Crippen molar-refractivity contribution in [2.75, 3.05) is 20.2 Å². The van der Waals surface area contributed by atoms with Crippen LogP contribution in [0.3, 0.4) is 0 Å². The molecule has 1 N–H and O–H groups in total. The van der Waals surface area contributed by atoms with E-state index in [9.17, 15) is 9.59 Å². The number of amides is 1. The van der Waals surface area contributed by atoms with Crippen molar-refractivity contribution in [3.63, 3.8) is 0 Å². The molecule has 0 bridgehead atoms. The van der Waals surface area contributed by atoms with Gasteiger partial charge in [-0.1, -0.05) is 23.7 Å². The molecule has 3 aromatic rings. The standard InChI is InChI=1S/C22H23ClN4O3/c1-30-19-8-2-15(3-9-19)14-27-20(24-25-22(27)29)16-10-12-26(13-11-16)21(28)17-4-6-18(23)7-5-17/h2-9,16H,10-14H2,1H3,(H,25,29). The molecule has 2 aromatic carbocycles. The van der Waals surface area contributed by atoms with Crippen molar-refractivity contribution in [1.82, 2.24) is 19.7 Å². The molecule has 0 atom stereocenters. The van der Waals surface area contributed by atoms with Crippen molar-refractivity contribution in [3.05, 3.63) is 81.0 Å². The van der Waals surface area contributed by atoms with Gasteiger partial charge in [-0.2, -0.15) is 5.10 Å². The van der Waals surface area contributed by atoms with Crippen molar-refractivity contribution in [1.29, 1.82) is 0 Å². The van der Waals surface area contributed by atoms with Gasteiger partial charge in [0, 0.05) is 29.6 Å². The van der Waals surface area contributed by atoms with Crippen LogP contribution in [0.2, 0.25) is 5.02 Å². The molecule has 0 spiro atoms. The van der Waals surface area contributed by atoms with E-state index in [0.717, 1.165) is 30.0 Å². The first kappa shape index (κ1) is 20.2. The number of hydrogen-bond donors (Lipinski definition) is 1. The number of ether oxygens (including phenoxy) is 1. The molecule has 0 unspecified atom stereocenters. The number of carbonyl (C=O) groups is 1. The Morgan fingerprint density at radius 2 is 1.80 bits per heavy atom. The van der Waals surface area contributed by atoms with Crippen LogP contribution < -0.4 is 10.4 Å². The van der Waals surface area contributed by atoms with Gasteiger partial charge in [-0.15, -0.1) is 0 Å². The molecule has 1 aliphatic rings. The van der Waals surface area contributed by atoms with Gasteiger partial charge >= 0.3 is 5.69 Å². The Balaban J connectivity index is 1.44. The number of piperidine rings is 1. The van der Waals surface area contributed by atoms with Crippen LogP contribution in [0.15, 0.2) is 53.3 Å². The molecule has 1 aromatic heterocycles. The second-order valence-electron chi connectivity index (χ2n) is 7.39. The van der Waals surface area contributed by atoms with E-state index >= 15 is 0 Å². The van der Waals surface area contributed by atoms with Gasteiger partial charge < -0.3 is 9.64 Å². The summed E-state index contributed by atoms with van der Waals surface area (Å²) in [4.78, 5) is 26.9. The number of aromatic nitrogens is 3. The number of nitrogens with zero attached hydrogens (tertiary/aromatic N) is 3. The fourth-order valence-corrected chi connectivity index (χ4v) is 3.95. The zero-order chi connectivity index (χ0) is 21.1. The summed E-state index contributed by atoms with van der Waals surface area (Å²) in [6, 6.07) is 14.6. The third-order valence-electron chi connectivity index (χ3n) is 5.53. The molecule has 8 heteroatoms. The van der Waals surface area contributed by atoms with Crippen molar-refractivity contribution >= 4 is 17.5 Å². The number of hydrogen-bond acceptors (Lipinski definition) is 4. The van der Waals surface area contributed by atoms with Gasteiger partial charge in [-0.05, 0) is 54.8 Å². The van der Waals surface area contributed by atoms with E-state index in [1.165, 1.54) is 0 Å². The third-order valence-corrected chi connectivity index (χ3v) is 5.78. The average molecular weight is 427 g/mol. The van der Waals surface area contributed by atoms with E-state index in [1.54, 1.807) is 35.9 Å². The molecule has 1 amide bonds. The van der Waals surface area contributed by atoms with Crippen molar-refractivity contribution < 1.29 is 9.53 Å². The summed E-state index contributed by atoms with van der Waals surface area (Å²) in [6.45, 7) is 1.68. The van der Waals surface area contributed by atoms with E-state index in [2.05, 4.69) is 10.2 Å². The number of aromatic amines is 1. The molecule has 0 radical (unpaired) electrons. The summed E-state index contributed by atoms with van der Waals surface area (Å²) < 4.78 is 6.87. The number of carbonyl (C=O) groups excluding carboxylic acids is 1. The zero-order valence-electron chi connectivity index (χ0n) is 16.7. The number of rotatable bonds is 5. The lowest BCUT2D eigenvalue weighted by molar-refractivity contribution is 0.0710. The number of halogens is 1. The van der Waals surface area contributed by atoms with Crippen LogP contribution >= 0.6 is 11.6 Å². The number of nitrogens with one attached hydrogen (secondary N) is 1. The monoisotopic (exact) mass is 426 g/mol. The molecule has 7 nitrogen and oxygen atoms in total. The van der Waals surface area contributed by atoms with Gasteiger partial charge in [0.2, 0.25) is 0 Å². The number of H-pyrrole nitrogens is 1. The SMILES string of the molecule is COc1ccc(Cn2c(C3CCN(C(=O)c4ccc(Cl)cc4)CC3)n[nH]c2=O)cc1. The molecular formula is C22H23ClN4O3. The summed E-state index contributed by atoms with van der Waals surface area (Å²) >= 11 is 5.91. The van der Waals surface area contributed by atoms with E-state index in [1.807, 2.05) is 29.2 Å². The quantitative estimate of drug-likeness (QED) is 0.678. The highest BCUT2D eigenvalue weighted by Gasteiger charge is 2.28. The first-order chi connectivity index (χ1) is 14.5. The third kappa shape index (κ3) is 4.26. The molecule has 1 fully saturated rings. The smallest absolute Gasteiger partial charge is 0.343 e. The lowest BCUT2D eigenvalue weighted by Crippen LogP contribution is -2.38. The van der Waals surface area contributed by atoms with Crippen LogP contribution in [0.25, 0.3) is 0 Å². The molecule has 0 aliphatic carbocycles. The minimum atomic E-state index is -0.222. The lowest BCUT2D eigenvalue weighted by atomic mass is 9.95. The Bertz CT molecular complexity index is 1070. The average Bonchev–Trinajstić information content (AvgIpc) is 3.14. The molecule has 1 aliphatic heterocycles. The van der Waals surface area contributed by atoms with Crippen LogP contribution in [0, 0.1) is 0 Å². The van der Waals surface area contributed by atoms with E-state index in [4.69, 9.17) is 16.3 Å². The van der Waals surface area contributed by atoms with Crippen LogP contribution in [-0.2, 0) is 6.54 Å². The molecule has 4 rings (SSSR count). The number of benzene rings is 2. The van der Waals surface area contributed by atoms with E-state index < -0.39 is 0 Å². The highest BCUT2D eigenvalue weighted by atomic mass is 35.5. The first-order valence-corrected chi connectivity index (χ1v) is 10.3. The maximum absolute atomic E-state index is 12.7. The zero-order valence-corrected chi connectivity index (χ0v) is 17.4. The molecule has 1 saturated heterocycles. The van der Waals surface area contributed by atoms with Gasteiger partial charge in [-0.3, -0.25) is 9.36 Å². The largest absolute Gasteiger partial charge is 0.497 e. The maximum atomic E-state index is 12.7. The Labute approximate surface area is 179 Å².